The van der Waals surface area contributed by atoms with Crippen molar-refractivity contribution in [3.8, 4) is 0 Å². The summed E-state index contributed by atoms with van der Waals surface area (Å²) in [7, 11) is -3.74. The van der Waals surface area contributed by atoms with Crippen LogP contribution in [0, 0.1) is 6.92 Å². The molecule has 7 nitrogen and oxygen atoms in total. The van der Waals surface area contributed by atoms with Crippen molar-refractivity contribution in [3.05, 3.63) is 17.5 Å². The molecule has 0 bridgehead atoms. The molecular formula is C11H18N2O5S. The standard InChI is InChI=1S/C11H18N2O5S/c1-4-8(2)13(6-11(14)15)19(16,17)7-10-5-9(3)18-12-10/h5,8H,4,6-7H2,1-3H3,(H,14,15). The largest absolute Gasteiger partial charge is 0.480 e. The van der Waals surface area contributed by atoms with Crippen LogP contribution in [0.5, 0.6) is 0 Å². The van der Waals surface area contributed by atoms with Crippen LogP contribution in [-0.4, -0.2) is 41.5 Å². The molecule has 1 aromatic rings. The van der Waals surface area contributed by atoms with E-state index >= 15 is 0 Å². The second kappa shape index (κ2) is 6.16. The molecule has 1 unspecified atom stereocenters. The number of hydrogen-bond donors (Lipinski definition) is 1. The Hall–Kier alpha value is -1.41. The van der Waals surface area contributed by atoms with Gasteiger partial charge in [-0.2, -0.15) is 4.31 Å². The molecule has 0 aliphatic heterocycles. The Morgan fingerprint density at radius 3 is 2.63 bits per heavy atom. The number of aromatic nitrogens is 1. The van der Waals surface area contributed by atoms with Gasteiger partial charge >= 0.3 is 5.97 Å². The van der Waals surface area contributed by atoms with Crippen LogP contribution in [-0.2, 0) is 20.6 Å². The fourth-order valence-corrected chi connectivity index (χ4v) is 3.30. The number of nitrogens with zero attached hydrogens (tertiary/aromatic N) is 2. The van der Waals surface area contributed by atoms with E-state index in [0.29, 0.717) is 12.2 Å². The van der Waals surface area contributed by atoms with E-state index < -0.39 is 22.5 Å². The zero-order chi connectivity index (χ0) is 14.6. The van der Waals surface area contributed by atoms with Gasteiger partial charge < -0.3 is 9.63 Å². The fourth-order valence-electron chi connectivity index (χ4n) is 1.62. The number of aryl methyl sites for hydroxylation is 1. The molecular weight excluding hydrogens is 272 g/mol. The molecule has 1 atom stereocenters. The van der Waals surface area contributed by atoms with E-state index in [0.717, 1.165) is 4.31 Å². The molecule has 1 aromatic heterocycles. The first-order valence-corrected chi connectivity index (χ1v) is 7.50. The van der Waals surface area contributed by atoms with Gasteiger partial charge in [-0.25, -0.2) is 8.42 Å². The van der Waals surface area contributed by atoms with E-state index in [9.17, 15) is 13.2 Å². The van der Waals surface area contributed by atoms with E-state index in [1.807, 2.05) is 0 Å². The monoisotopic (exact) mass is 290 g/mol. The van der Waals surface area contributed by atoms with Crippen molar-refractivity contribution >= 4 is 16.0 Å². The third-order valence-corrected chi connectivity index (χ3v) is 4.60. The summed E-state index contributed by atoms with van der Waals surface area (Å²) in [6.07, 6.45) is 0.532. The lowest BCUT2D eigenvalue weighted by Gasteiger charge is -2.25. The Labute approximate surface area is 112 Å². The summed E-state index contributed by atoms with van der Waals surface area (Å²) in [5.41, 5.74) is 0.274. The highest BCUT2D eigenvalue weighted by molar-refractivity contribution is 7.88. The van der Waals surface area contributed by atoms with Gasteiger partial charge in [0.05, 0.1) is 0 Å². The highest BCUT2D eigenvalue weighted by Crippen LogP contribution is 2.15. The van der Waals surface area contributed by atoms with Crippen molar-refractivity contribution in [2.45, 2.75) is 39.0 Å². The number of carboxylic acids is 1. The lowest BCUT2D eigenvalue weighted by Crippen LogP contribution is -2.42. The molecule has 0 aromatic carbocycles. The molecule has 0 saturated heterocycles. The summed E-state index contributed by atoms with van der Waals surface area (Å²) in [5, 5.41) is 12.4. The van der Waals surface area contributed by atoms with E-state index in [2.05, 4.69) is 5.16 Å². The van der Waals surface area contributed by atoms with Crippen molar-refractivity contribution in [2.75, 3.05) is 6.54 Å². The Morgan fingerprint density at radius 2 is 2.21 bits per heavy atom. The van der Waals surface area contributed by atoms with Crippen LogP contribution in [0.4, 0.5) is 0 Å². The van der Waals surface area contributed by atoms with Crippen LogP contribution in [0.25, 0.3) is 0 Å². The lowest BCUT2D eigenvalue weighted by atomic mass is 10.2. The van der Waals surface area contributed by atoms with Crippen LogP contribution in [0.15, 0.2) is 10.6 Å². The van der Waals surface area contributed by atoms with Gasteiger partial charge in [0.1, 0.15) is 23.8 Å². The van der Waals surface area contributed by atoms with Gasteiger partial charge in [-0.3, -0.25) is 4.79 Å². The van der Waals surface area contributed by atoms with Gasteiger partial charge in [0.2, 0.25) is 10.0 Å². The average Bonchev–Trinajstić information content (AvgIpc) is 2.69. The van der Waals surface area contributed by atoms with Crippen molar-refractivity contribution < 1.29 is 22.8 Å². The SMILES string of the molecule is CCC(C)N(CC(=O)O)S(=O)(=O)Cc1cc(C)on1. The van der Waals surface area contributed by atoms with Crippen LogP contribution >= 0.6 is 0 Å². The molecule has 1 heterocycles. The highest BCUT2D eigenvalue weighted by Gasteiger charge is 2.29. The molecule has 0 spiro atoms. The van der Waals surface area contributed by atoms with E-state index in [-0.39, 0.29) is 17.5 Å². The summed E-state index contributed by atoms with van der Waals surface area (Å²) in [6.45, 7) is 4.59. The normalized spacial score (nSPS) is 13.7. The molecule has 0 amide bonds. The van der Waals surface area contributed by atoms with Crippen molar-refractivity contribution in [3.63, 3.8) is 0 Å². The third-order valence-electron chi connectivity index (χ3n) is 2.74. The maximum atomic E-state index is 12.2. The Balaban J connectivity index is 2.95. The number of rotatable bonds is 7. The number of carboxylic acid groups (broad SMARTS) is 1. The van der Waals surface area contributed by atoms with Gasteiger partial charge in [0, 0.05) is 12.1 Å². The Bertz CT molecular complexity index is 537. The first-order valence-electron chi connectivity index (χ1n) is 5.89. The van der Waals surface area contributed by atoms with Crippen molar-refractivity contribution in [1.82, 2.24) is 9.46 Å². The molecule has 0 aliphatic carbocycles. The predicted octanol–water partition coefficient (Wildman–Crippen LogP) is 0.998. The quantitative estimate of drug-likeness (QED) is 0.804. The highest BCUT2D eigenvalue weighted by atomic mass is 32.2. The van der Waals surface area contributed by atoms with Crippen LogP contribution in [0.1, 0.15) is 31.7 Å². The van der Waals surface area contributed by atoms with E-state index in [1.165, 1.54) is 6.07 Å². The van der Waals surface area contributed by atoms with Gasteiger partial charge in [-0.1, -0.05) is 12.1 Å². The van der Waals surface area contributed by atoms with E-state index in [1.54, 1.807) is 20.8 Å². The first-order chi connectivity index (χ1) is 8.76. The lowest BCUT2D eigenvalue weighted by molar-refractivity contribution is -0.137. The minimum atomic E-state index is -3.74. The fraction of sp³-hybridized carbons (Fsp3) is 0.636. The third kappa shape index (κ3) is 4.32. The maximum absolute atomic E-state index is 12.2. The second-order valence-corrected chi connectivity index (χ2v) is 6.30. The zero-order valence-electron chi connectivity index (χ0n) is 11.2. The molecule has 0 radical (unpaired) electrons. The van der Waals surface area contributed by atoms with Crippen LogP contribution < -0.4 is 0 Å². The topological polar surface area (TPSA) is 101 Å². The minimum Gasteiger partial charge on any atom is -0.480 e. The summed E-state index contributed by atoms with van der Waals surface area (Å²) in [5.74, 6) is -1.03. The summed E-state index contributed by atoms with van der Waals surface area (Å²) < 4.78 is 30.2. The van der Waals surface area contributed by atoms with Crippen molar-refractivity contribution in [1.29, 1.82) is 0 Å². The van der Waals surface area contributed by atoms with Crippen LogP contribution in [0.2, 0.25) is 0 Å². The molecule has 8 heteroatoms. The Morgan fingerprint density at radius 1 is 1.58 bits per heavy atom. The minimum absolute atomic E-state index is 0.274. The number of hydrogen-bond acceptors (Lipinski definition) is 5. The van der Waals surface area contributed by atoms with E-state index in [4.69, 9.17) is 9.63 Å². The molecule has 0 aliphatic rings. The van der Waals surface area contributed by atoms with Crippen molar-refractivity contribution in [2.24, 2.45) is 0 Å². The number of aliphatic carboxylic acids is 1. The first kappa shape index (κ1) is 15.6. The molecule has 108 valence electrons. The van der Waals surface area contributed by atoms with Gasteiger partial charge in [0.25, 0.3) is 0 Å². The molecule has 0 saturated carbocycles. The number of carbonyl (C=O) groups is 1. The smallest absolute Gasteiger partial charge is 0.318 e. The molecule has 1 rings (SSSR count). The summed E-state index contributed by atoms with van der Waals surface area (Å²) in [4.78, 5) is 10.8. The Kier molecular flexibility index (Phi) is 5.07. The molecule has 1 N–H and O–H groups in total. The van der Waals surface area contributed by atoms with Crippen LogP contribution in [0.3, 0.4) is 0 Å². The molecule has 19 heavy (non-hydrogen) atoms. The average molecular weight is 290 g/mol. The second-order valence-electron chi connectivity index (χ2n) is 4.38. The summed E-state index contributed by atoms with van der Waals surface area (Å²) in [6, 6.07) is 1.14. The zero-order valence-corrected chi connectivity index (χ0v) is 12.0. The van der Waals surface area contributed by atoms with Gasteiger partial charge in [-0.05, 0) is 20.3 Å². The van der Waals surface area contributed by atoms with Gasteiger partial charge in [-0.15, -0.1) is 0 Å². The number of sulfonamides is 1. The maximum Gasteiger partial charge on any atom is 0.318 e. The van der Waals surface area contributed by atoms with Gasteiger partial charge in [0.15, 0.2) is 0 Å². The predicted molar refractivity (Wildman–Crippen MR) is 68.0 cm³/mol. The molecule has 0 fully saturated rings. The summed E-state index contributed by atoms with van der Waals surface area (Å²) >= 11 is 0.